The second-order valence-electron chi connectivity index (χ2n) is 4.50. The number of ether oxygens (including phenoxy) is 1. The molecule has 1 aromatic heterocycles. The van der Waals surface area contributed by atoms with Crippen LogP contribution < -0.4 is 10.1 Å². The molecule has 0 aliphatic heterocycles. The van der Waals surface area contributed by atoms with E-state index >= 15 is 0 Å². The van der Waals surface area contributed by atoms with Gasteiger partial charge in [-0.15, -0.1) is 0 Å². The molecule has 6 nitrogen and oxygen atoms in total. The van der Waals surface area contributed by atoms with E-state index in [9.17, 15) is 10.1 Å². The maximum atomic E-state index is 10.9. The van der Waals surface area contributed by atoms with Crippen LogP contribution >= 0.6 is 0 Å². The van der Waals surface area contributed by atoms with Crippen LogP contribution in [-0.4, -0.2) is 23.6 Å². The summed E-state index contributed by atoms with van der Waals surface area (Å²) in [5.74, 6) is 0.661. The zero-order chi connectivity index (χ0) is 15.1. The maximum Gasteiger partial charge on any atom is 0.272 e. The van der Waals surface area contributed by atoms with Gasteiger partial charge in [0, 0.05) is 24.6 Å². The van der Waals surface area contributed by atoms with Gasteiger partial charge in [0.1, 0.15) is 5.75 Å². The van der Waals surface area contributed by atoms with E-state index in [1.165, 1.54) is 6.07 Å². The van der Waals surface area contributed by atoms with Crippen molar-refractivity contribution in [2.24, 2.45) is 0 Å². The third-order valence-electron chi connectivity index (χ3n) is 2.98. The van der Waals surface area contributed by atoms with Gasteiger partial charge < -0.3 is 10.1 Å². The Bertz CT molecular complexity index is 599. The van der Waals surface area contributed by atoms with Gasteiger partial charge in [0.15, 0.2) is 0 Å². The number of benzene rings is 1. The Morgan fingerprint density at radius 3 is 2.76 bits per heavy atom. The second kappa shape index (κ2) is 7.35. The van der Waals surface area contributed by atoms with Crippen LogP contribution in [-0.2, 0) is 13.0 Å². The minimum atomic E-state index is -0.372. The number of para-hydroxylation sites is 1. The molecule has 0 bridgehead atoms. The Morgan fingerprint density at radius 1 is 1.29 bits per heavy atom. The Kier molecular flexibility index (Phi) is 5.22. The van der Waals surface area contributed by atoms with Gasteiger partial charge in [-0.05, 0) is 19.2 Å². The molecular weight excluding hydrogens is 270 g/mol. The van der Waals surface area contributed by atoms with Crippen molar-refractivity contribution in [3.05, 3.63) is 64.0 Å². The van der Waals surface area contributed by atoms with Crippen LogP contribution in [0.25, 0.3) is 0 Å². The first-order valence-corrected chi connectivity index (χ1v) is 6.65. The summed E-state index contributed by atoms with van der Waals surface area (Å²) in [4.78, 5) is 14.8. The van der Waals surface area contributed by atoms with Crippen LogP contribution in [0.4, 0.5) is 5.69 Å². The normalized spacial score (nSPS) is 10.3. The molecule has 1 N–H and O–H groups in total. The van der Waals surface area contributed by atoms with Crippen molar-refractivity contribution in [3.8, 4) is 5.75 Å². The molecule has 1 aromatic carbocycles. The Balaban J connectivity index is 1.91. The predicted octanol–water partition coefficient (Wildman–Crippen LogP) is 2.33. The van der Waals surface area contributed by atoms with Crippen molar-refractivity contribution in [2.75, 3.05) is 13.7 Å². The lowest BCUT2D eigenvalue weighted by atomic mass is 10.1. The molecule has 0 amide bonds. The van der Waals surface area contributed by atoms with Gasteiger partial charge in [-0.3, -0.25) is 15.1 Å². The number of nitro benzene ring substituents is 1. The van der Waals surface area contributed by atoms with E-state index in [2.05, 4.69) is 10.3 Å². The lowest BCUT2D eigenvalue weighted by Crippen LogP contribution is -2.07. The lowest BCUT2D eigenvalue weighted by Gasteiger charge is -2.07. The Labute approximate surface area is 122 Å². The smallest absolute Gasteiger partial charge is 0.272 e. The molecule has 0 aliphatic rings. The molecular formula is C15H17N3O3. The molecule has 0 fully saturated rings. The number of nitro groups is 1. The van der Waals surface area contributed by atoms with Crippen LogP contribution in [0.2, 0.25) is 0 Å². The highest BCUT2D eigenvalue weighted by Gasteiger charge is 2.11. The molecule has 0 spiro atoms. The van der Waals surface area contributed by atoms with Gasteiger partial charge in [-0.1, -0.05) is 18.2 Å². The van der Waals surface area contributed by atoms with Crippen LogP contribution in [0.1, 0.15) is 11.3 Å². The van der Waals surface area contributed by atoms with Crippen molar-refractivity contribution in [1.82, 2.24) is 10.3 Å². The van der Waals surface area contributed by atoms with Crippen molar-refractivity contribution in [1.29, 1.82) is 0 Å². The Morgan fingerprint density at radius 2 is 2.10 bits per heavy atom. The van der Waals surface area contributed by atoms with Crippen molar-refractivity contribution in [3.63, 3.8) is 0 Å². The zero-order valence-corrected chi connectivity index (χ0v) is 11.8. The van der Waals surface area contributed by atoms with Gasteiger partial charge in [-0.2, -0.15) is 0 Å². The first-order valence-electron chi connectivity index (χ1n) is 6.65. The van der Waals surface area contributed by atoms with E-state index in [4.69, 9.17) is 4.74 Å². The number of hydrogen-bond donors (Lipinski definition) is 1. The summed E-state index contributed by atoms with van der Waals surface area (Å²) in [5, 5.41) is 13.9. The highest BCUT2D eigenvalue weighted by atomic mass is 16.6. The fourth-order valence-corrected chi connectivity index (χ4v) is 1.96. The van der Waals surface area contributed by atoms with E-state index < -0.39 is 0 Å². The molecule has 0 aliphatic carbocycles. The monoisotopic (exact) mass is 287 g/mol. The molecule has 2 aromatic rings. The molecule has 2 rings (SSSR count). The summed E-state index contributed by atoms with van der Waals surface area (Å²) in [6, 6.07) is 10.4. The first kappa shape index (κ1) is 14.9. The molecule has 110 valence electrons. The first-order chi connectivity index (χ1) is 10.2. The standard InChI is InChI=1S/C15H17N3O3/c1-16-10-13-6-7-14(11-17-13)21-9-8-12-4-2-3-5-15(12)18(19)20/h2-7,11,16H,8-10H2,1H3. The van der Waals surface area contributed by atoms with E-state index in [0.29, 0.717) is 30.9 Å². The highest BCUT2D eigenvalue weighted by molar-refractivity contribution is 5.39. The van der Waals surface area contributed by atoms with Crippen LogP contribution in [0, 0.1) is 10.1 Å². The summed E-state index contributed by atoms with van der Waals surface area (Å²) in [6.07, 6.45) is 2.14. The van der Waals surface area contributed by atoms with Gasteiger partial charge in [0.05, 0.1) is 23.4 Å². The van der Waals surface area contributed by atoms with Crippen molar-refractivity contribution >= 4 is 5.69 Å². The van der Waals surface area contributed by atoms with Gasteiger partial charge in [0.25, 0.3) is 5.69 Å². The quantitative estimate of drug-likeness (QED) is 0.624. The van der Waals surface area contributed by atoms with E-state index in [1.54, 1.807) is 24.4 Å². The summed E-state index contributed by atoms with van der Waals surface area (Å²) in [6.45, 7) is 1.08. The lowest BCUT2D eigenvalue weighted by molar-refractivity contribution is -0.385. The number of nitrogens with zero attached hydrogens (tertiary/aromatic N) is 2. The fourth-order valence-electron chi connectivity index (χ4n) is 1.96. The molecule has 1 heterocycles. The number of pyridine rings is 1. The van der Waals surface area contributed by atoms with E-state index in [0.717, 1.165) is 5.69 Å². The second-order valence-corrected chi connectivity index (χ2v) is 4.50. The summed E-state index contributed by atoms with van der Waals surface area (Å²) < 4.78 is 5.57. The van der Waals surface area contributed by atoms with E-state index in [-0.39, 0.29) is 10.6 Å². The number of hydrogen-bond acceptors (Lipinski definition) is 5. The maximum absolute atomic E-state index is 10.9. The summed E-state index contributed by atoms with van der Waals surface area (Å²) in [7, 11) is 1.86. The number of nitrogens with one attached hydrogen (secondary N) is 1. The molecule has 0 unspecified atom stereocenters. The zero-order valence-electron chi connectivity index (χ0n) is 11.8. The molecule has 0 saturated heterocycles. The third-order valence-corrected chi connectivity index (χ3v) is 2.98. The van der Waals surface area contributed by atoms with Crippen molar-refractivity contribution in [2.45, 2.75) is 13.0 Å². The molecule has 0 atom stereocenters. The summed E-state index contributed by atoms with van der Waals surface area (Å²) in [5.41, 5.74) is 1.73. The minimum absolute atomic E-state index is 0.128. The molecule has 0 saturated carbocycles. The predicted molar refractivity (Wildman–Crippen MR) is 79.3 cm³/mol. The van der Waals surface area contributed by atoms with Gasteiger partial charge >= 0.3 is 0 Å². The minimum Gasteiger partial charge on any atom is -0.492 e. The Hall–Kier alpha value is -2.47. The largest absolute Gasteiger partial charge is 0.492 e. The highest BCUT2D eigenvalue weighted by Crippen LogP contribution is 2.18. The van der Waals surface area contributed by atoms with Gasteiger partial charge in [0.2, 0.25) is 0 Å². The number of aromatic nitrogens is 1. The SMILES string of the molecule is CNCc1ccc(OCCc2ccccc2[N+](=O)[O-])cn1. The molecule has 0 radical (unpaired) electrons. The van der Waals surface area contributed by atoms with Crippen LogP contribution in [0.5, 0.6) is 5.75 Å². The van der Waals surface area contributed by atoms with Crippen LogP contribution in [0.15, 0.2) is 42.6 Å². The fraction of sp³-hybridized carbons (Fsp3) is 0.267. The third kappa shape index (κ3) is 4.25. The number of rotatable bonds is 7. The van der Waals surface area contributed by atoms with E-state index in [1.807, 2.05) is 19.2 Å². The average Bonchev–Trinajstić information content (AvgIpc) is 2.50. The topological polar surface area (TPSA) is 77.3 Å². The van der Waals surface area contributed by atoms with Gasteiger partial charge in [-0.25, -0.2) is 0 Å². The average molecular weight is 287 g/mol. The van der Waals surface area contributed by atoms with Crippen LogP contribution in [0.3, 0.4) is 0 Å². The van der Waals surface area contributed by atoms with Crippen molar-refractivity contribution < 1.29 is 9.66 Å². The molecule has 21 heavy (non-hydrogen) atoms. The summed E-state index contributed by atoms with van der Waals surface area (Å²) >= 11 is 0. The molecule has 6 heteroatoms.